The lowest BCUT2D eigenvalue weighted by Crippen LogP contribution is -2.26. The summed E-state index contributed by atoms with van der Waals surface area (Å²) < 4.78 is 0. The monoisotopic (exact) mass is 277 g/mol. The zero-order valence-corrected chi connectivity index (χ0v) is 12.5. The van der Waals surface area contributed by atoms with Crippen molar-refractivity contribution in [3.05, 3.63) is 29.8 Å². The minimum atomic E-state index is 0.0571. The summed E-state index contributed by atoms with van der Waals surface area (Å²) in [7, 11) is 0. The van der Waals surface area contributed by atoms with Crippen LogP contribution in [0.1, 0.15) is 57.4 Å². The first-order valence-electron chi connectivity index (χ1n) is 7.77. The molecule has 20 heavy (non-hydrogen) atoms. The molecule has 0 bridgehead atoms. The summed E-state index contributed by atoms with van der Waals surface area (Å²) in [5.41, 5.74) is 0.930. The number of unbranched alkanes of at least 4 members (excludes halogenated alkanes) is 6. The molecular weight excluding hydrogens is 250 g/mol. The molecule has 112 valence electrons. The minimum absolute atomic E-state index is 0.0571. The number of hydrogen-bond acceptors (Lipinski definition) is 2. The molecular formula is C17H27NO2. The largest absolute Gasteiger partial charge is 0.508 e. The number of carbonyl (C=O) groups excluding carboxylic acids is 1. The van der Waals surface area contributed by atoms with E-state index in [-0.39, 0.29) is 11.7 Å². The van der Waals surface area contributed by atoms with E-state index >= 15 is 0 Å². The molecule has 0 heterocycles. The van der Waals surface area contributed by atoms with Crippen molar-refractivity contribution in [1.29, 1.82) is 0 Å². The SMILES string of the molecule is CCCCCCCCCNC(=O)Cc1ccc(O)cc1. The van der Waals surface area contributed by atoms with Gasteiger partial charge in [-0.25, -0.2) is 0 Å². The van der Waals surface area contributed by atoms with E-state index in [2.05, 4.69) is 12.2 Å². The fourth-order valence-corrected chi connectivity index (χ4v) is 2.17. The normalized spacial score (nSPS) is 10.4. The third-order valence-electron chi connectivity index (χ3n) is 3.40. The van der Waals surface area contributed by atoms with E-state index in [0.717, 1.165) is 18.5 Å². The molecule has 3 nitrogen and oxygen atoms in total. The van der Waals surface area contributed by atoms with E-state index in [4.69, 9.17) is 5.11 Å². The molecule has 0 aliphatic rings. The van der Waals surface area contributed by atoms with Crippen LogP contribution in [0.25, 0.3) is 0 Å². The summed E-state index contributed by atoms with van der Waals surface area (Å²) in [6.07, 6.45) is 9.19. The Balaban J connectivity index is 2.01. The summed E-state index contributed by atoms with van der Waals surface area (Å²) >= 11 is 0. The molecule has 0 radical (unpaired) electrons. The Bertz CT molecular complexity index is 373. The van der Waals surface area contributed by atoms with Gasteiger partial charge in [0.15, 0.2) is 0 Å². The molecule has 3 heteroatoms. The highest BCUT2D eigenvalue weighted by Gasteiger charge is 2.02. The number of phenols is 1. The van der Waals surface area contributed by atoms with Crippen LogP contribution in [-0.4, -0.2) is 17.6 Å². The van der Waals surface area contributed by atoms with Gasteiger partial charge in [-0.15, -0.1) is 0 Å². The lowest BCUT2D eigenvalue weighted by molar-refractivity contribution is -0.120. The second-order valence-electron chi connectivity index (χ2n) is 5.31. The highest BCUT2D eigenvalue weighted by atomic mass is 16.3. The number of benzene rings is 1. The smallest absolute Gasteiger partial charge is 0.224 e. The van der Waals surface area contributed by atoms with Crippen LogP contribution in [0.4, 0.5) is 0 Å². The van der Waals surface area contributed by atoms with Crippen LogP contribution >= 0.6 is 0 Å². The first-order chi connectivity index (χ1) is 9.72. The average molecular weight is 277 g/mol. The molecule has 0 aliphatic heterocycles. The molecule has 0 unspecified atom stereocenters. The van der Waals surface area contributed by atoms with Gasteiger partial charge in [0.1, 0.15) is 5.75 Å². The van der Waals surface area contributed by atoms with Crippen molar-refractivity contribution < 1.29 is 9.90 Å². The van der Waals surface area contributed by atoms with Crippen LogP contribution in [0.3, 0.4) is 0 Å². The van der Waals surface area contributed by atoms with Crippen molar-refractivity contribution in [3.63, 3.8) is 0 Å². The maximum atomic E-state index is 11.7. The number of hydrogen-bond donors (Lipinski definition) is 2. The fourth-order valence-electron chi connectivity index (χ4n) is 2.17. The van der Waals surface area contributed by atoms with E-state index in [1.807, 2.05) is 0 Å². The quantitative estimate of drug-likeness (QED) is 0.639. The molecule has 0 saturated carbocycles. The first-order valence-corrected chi connectivity index (χ1v) is 7.77. The Labute approximate surface area is 122 Å². The van der Waals surface area contributed by atoms with Crippen LogP contribution in [0.5, 0.6) is 5.75 Å². The molecule has 1 aromatic carbocycles. The minimum Gasteiger partial charge on any atom is -0.508 e. The van der Waals surface area contributed by atoms with Crippen LogP contribution in [0.15, 0.2) is 24.3 Å². The predicted octanol–water partition coefficient (Wildman–Crippen LogP) is 3.80. The summed E-state index contributed by atoms with van der Waals surface area (Å²) in [5, 5.41) is 12.1. The summed E-state index contributed by atoms with van der Waals surface area (Å²) in [6, 6.07) is 6.78. The van der Waals surface area contributed by atoms with E-state index in [1.165, 1.54) is 38.5 Å². The second-order valence-corrected chi connectivity index (χ2v) is 5.31. The number of aromatic hydroxyl groups is 1. The molecule has 1 amide bonds. The van der Waals surface area contributed by atoms with Gasteiger partial charge in [-0.1, -0.05) is 57.6 Å². The number of nitrogens with one attached hydrogen (secondary N) is 1. The van der Waals surface area contributed by atoms with Gasteiger partial charge in [-0.3, -0.25) is 4.79 Å². The van der Waals surface area contributed by atoms with Crippen molar-refractivity contribution in [1.82, 2.24) is 5.32 Å². The van der Waals surface area contributed by atoms with Gasteiger partial charge in [0, 0.05) is 6.54 Å². The van der Waals surface area contributed by atoms with Crippen molar-refractivity contribution >= 4 is 5.91 Å². The Hall–Kier alpha value is -1.51. The zero-order valence-electron chi connectivity index (χ0n) is 12.5. The van der Waals surface area contributed by atoms with E-state index in [0.29, 0.717) is 6.42 Å². The van der Waals surface area contributed by atoms with Gasteiger partial charge >= 0.3 is 0 Å². The molecule has 0 aliphatic carbocycles. The highest BCUT2D eigenvalue weighted by molar-refractivity contribution is 5.78. The molecule has 0 spiro atoms. The molecule has 2 N–H and O–H groups in total. The molecule has 1 aromatic rings. The third-order valence-corrected chi connectivity index (χ3v) is 3.40. The fraction of sp³-hybridized carbons (Fsp3) is 0.588. The Morgan fingerprint density at radius 1 is 1.00 bits per heavy atom. The highest BCUT2D eigenvalue weighted by Crippen LogP contribution is 2.10. The van der Waals surface area contributed by atoms with Crippen molar-refractivity contribution in [2.75, 3.05) is 6.54 Å². The summed E-state index contributed by atoms with van der Waals surface area (Å²) in [6.45, 7) is 2.99. The number of amides is 1. The van der Waals surface area contributed by atoms with Gasteiger partial charge in [-0.2, -0.15) is 0 Å². The average Bonchev–Trinajstić information content (AvgIpc) is 2.44. The van der Waals surface area contributed by atoms with Crippen molar-refractivity contribution in [2.24, 2.45) is 0 Å². The number of phenolic OH excluding ortho intramolecular Hbond substituents is 1. The first kappa shape index (κ1) is 16.5. The number of carbonyl (C=O) groups is 1. The zero-order chi connectivity index (χ0) is 14.6. The van der Waals surface area contributed by atoms with Crippen LogP contribution in [-0.2, 0) is 11.2 Å². The lowest BCUT2D eigenvalue weighted by Gasteiger charge is -2.05. The Morgan fingerprint density at radius 2 is 1.60 bits per heavy atom. The Morgan fingerprint density at radius 3 is 2.25 bits per heavy atom. The summed E-state index contributed by atoms with van der Waals surface area (Å²) in [5.74, 6) is 0.291. The molecule has 0 atom stereocenters. The van der Waals surface area contributed by atoms with Crippen molar-refractivity contribution in [3.8, 4) is 5.75 Å². The molecule has 0 fully saturated rings. The maximum Gasteiger partial charge on any atom is 0.224 e. The van der Waals surface area contributed by atoms with E-state index in [1.54, 1.807) is 24.3 Å². The molecule has 0 aromatic heterocycles. The molecule has 0 saturated heterocycles. The maximum absolute atomic E-state index is 11.7. The number of rotatable bonds is 10. The van der Waals surface area contributed by atoms with Gasteiger partial charge in [0.2, 0.25) is 5.91 Å². The van der Waals surface area contributed by atoms with E-state index in [9.17, 15) is 4.79 Å². The van der Waals surface area contributed by atoms with Crippen molar-refractivity contribution in [2.45, 2.75) is 58.3 Å². The standard InChI is InChI=1S/C17H27NO2/c1-2-3-4-5-6-7-8-13-18-17(20)14-15-9-11-16(19)12-10-15/h9-12,19H,2-8,13-14H2,1H3,(H,18,20). The molecule has 1 rings (SSSR count). The van der Waals surface area contributed by atoms with Crippen LogP contribution in [0, 0.1) is 0 Å². The van der Waals surface area contributed by atoms with Crippen LogP contribution < -0.4 is 5.32 Å². The Kier molecular flexibility index (Phi) is 8.52. The van der Waals surface area contributed by atoms with Gasteiger partial charge in [0.25, 0.3) is 0 Å². The van der Waals surface area contributed by atoms with Gasteiger partial charge in [0.05, 0.1) is 6.42 Å². The topological polar surface area (TPSA) is 49.3 Å². The summed E-state index contributed by atoms with van der Waals surface area (Å²) in [4.78, 5) is 11.7. The third kappa shape index (κ3) is 7.82. The van der Waals surface area contributed by atoms with Crippen LogP contribution in [0.2, 0.25) is 0 Å². The second kappa shape index (κ2) is 10.3. The van der Waals surface area contributed by atoms with Gasteiger partial charge in [-0.05, 0) is 24.1 Å². The van der Waals surface area contributed by atoms with E-state index < -0.39 is 0 Å². The lowest BCUT2D eigenvalue weighted by atomic mass is 10.1. The predicted molar refractivity (Wildman–Crippen MR) is 82.8 cm³/mol. The van der Waals surface area contributed by atoms with Gasteiger partial charge < -0.3 is 10.4 Å².